The Morgan fingerprint density at radius 1 is 1.35 bits per heavy atom. The Bertz CT molecular complexity index is 506. The Labute approximate surface area is 147 Å². The van der Waals surface area contributed by atoms with E-state index in [0.29, 0.717) is 6.42 Å². The van der Waals surface area contributed by atoms with Crippen LogP contribution in [0.15, 0.2) is 28.7 Å². The highest BCUT2D eigenvalue weighted by atomic mass is 79.9. The van der Waals surface area contributed by atoms with Crippen molar-refractivity contribution in [3.63, 3.8) is 0 Å². The van der Waals surface area contributed by atoms with E-state index < -0.39 is 11.4 Å². The zero-order valence-electron chi connectivity index (χ0n) is 12.8. The smallest absolute Gasteiger partial charge is 0.243 e. The van der Waals surface area contributed by atoms with Crippen LogP contribution in [-0.2, 0) is 20.4 Å². The minimum atomic E-state index is -0.728. The summed E-state index contributed by atoms with van der Waals surface area (Å²) in [7, 11) is 0. The molecule has 0 radical (unpaired) electrons. The summed E-state index contributed by atoms with van der Waals surface area (Å²) in [5, 5.41) is 8.39. The van der Waals surface area contributed by atoms with Crippen LogP contribution in [0, 0.1) is 0 Å². The minimum Gasteiger partial charge on any atom is -0.289 e. The second-order valence-corrected chi connectivity index (χ2v) is 7.95. The molecular formula is C15H23BrN2O4S. The van der Waals surface area contributed by atoms with E-state index in [1.165, 1.54) is 5.56 Å². The summed E-state index contributed by atoms with van der Waals surface area (Å²) in [4.78, 5) is 16.2. The molecule has 130 valence electrons. The molecule has 23 heavy (non-hydrogen) atoms. The van der Waals surface area contributed by atoms with Gasteiger partial charge in [0, 0.05) is 23.1 Å². The van der Waals surface area contributed by atoms with Crippen molar-refractivity contribution < 1.29 is 19.2 Å². The Hall–Kier alpha value is -0.640. The lowest BCUT2D eigenvalue weighted by atomic mass is 10.1. The van der Waals surface area contributed by atoms with Gasteiger partial charge in [-0.25, -0.2) is 15.1 Å². The maximum Gasteiger partial charge on any atom is 0.243 e. The van der Waals surface area contributed by atoms with Gasteiger partial charge in [-0.1, -0.05) is 52.3 Å². The SMILES string of the molecule is O=C(CCCCCC[SH]1NC(Cc2cccc(Br)c2)OO1)NO. The zero-order chi connectivity index (χ0) is 16.5. The third kappa shape index (κ3) is 7.19. The van der Waals surface area contributed by atoms with Crippen molar-refractivity contribution in [2.24, 2.45) is 0 Å². The molecule has 0 aromatic heterocycles. The van der Waals surface area contributed by atoms with E-state index in [4.69, 9.17) is 14.4 Å². The number of unbranched alkanes of at least 4 members (excludes halogenated alkanes) is 3. The van der Waals surface area contributed by atoms with Gasteiger partial charge in [-0.05, 0) is 30.5 Å². The lowest BCUT2D eigenvalue weighted by Crippen LogP contribution is -2.23. The topological polar surface area (TPSA) is 79.8 Å². The standard InChI is InChI=1S/C15H23BrN2O4S/c16-13-7-5-6-12(10-13)11-15-18-23(22-21-15)9-4-2-1-3-8-14(19)17-20/h5-7,10,15,18,20,23H,1-4,8-9,11H2,(H,17,19). The number of hydrogen-bond acceptors (Lipinski definition) is 5. The predicted octanol–water partition coefficient (Wildman–Crippen LogP) is 3.16. The molecule has 3 N–H and O–H groups in total. The highest BCUT2D eigenvalue weighted by Gasteiger charge is 2.23. The molecule has 0 aliphatic carbocycles. The molecule has 1 fully saturated rings. The Kier molecular flexibility index (Phi) is 8.35. The molecule has 0 bridgehead atoms. The number of carbonyl (C=O) groups is 1. The van der Waals surface area contributed by atoms with Crippen molar-refractivity contribution >= 4 is 33.2 Å². The first-order chi connectivity index (χ1) is 11.2. The number of nitrogens with one attached hydrogen (secondary N) is 2. The Morgan fingerprint density at radius 3 is 2.96 bits per heavy atom. The van der Waals surface area contributed by atoms with Gasteiger partial charge in [0.1, 0.15) is 0 Å². The highest BCUT2D eigenvalue weighted by Crippen LogP contribution is 2.32. The van der Waals surface area contributed by atoms with Gasteiger partial charge in [0.05, 0.1) is 0 Å². The lowest BCUT2D eigenvalue weighted by molar-refractivity contribution is -0.212. The van der Waals surface area contributed by atoms with Crippen molar-refractivity contribution in [3.8, 4) is 0 Å². The molecule has 1 aliphatic heterocycles. The Morgan fingerprint density at radius 2 is 2.17 bits per heavy atom. The largest absolute Gasteiger partial charge is 0.289 e. The molecule has 6 nitrogen and oxygen atoms in total. The van der Waals surface area contributed by atoms with E-state index in [9.17, 15) is 4.79 Å². The molecule has 1 heterocycles. The van der Waals surface area contributed by atoms with Crippen LogP contribution < -0.4 is 10.2 Å². The quantitative estimate of drug-likeness (QED) is 0.166. The van der Waals surface area contributed by atoms with Crippen LogP contribution in [0.5, 0.6) is 0 Å². The van der Waals surface area contributed by atoms with Crippen LogP contribution in [0.2, 0.25) is 0 Å². The van der Waals surface area contributed by atoms with E-state index in [1.54, 1.807) is 5.48 Å². The first-order valence-corrected chi connectivity index (χ1v) is 9.95. The molecule has 1 aromatic rings. The zero-order valence-corrected chi connectivity index (χ0v) is 15.3. The van der Waals surface area contributed by atoms with Gasteiger partial charge < -0.3 is 0 Å². The number of rotatable bonds is 9. The number of hydrogen-bond donors (Lipinski definition) is 4. The third-order valence-electron chi connectivity index (χ3n) is 3.49. The van der Waals surface area contributed by atoms with Crippen LogP contribution >= 0.6 is 27.3 Å². The first kappa shape index (κ1) is 18.7. The maximum absolute atomic E-state index is 10.9. The van der Waals surface area contributed by atoms with Crippen molar-refractivity contribution in [2.75, 3.05) is 5.75 Å². The van der Waals surface area contributed by atoms with Crippen molar-refractivity contribution in [1.29, 1.82) is 0 Å². The monoisotopic (exact) mass is 406 g/mol. The number of benzene rings is 1. The summed E-state index contributed by atoms with van der Waals surface area (Å²) in [6.45, 7) is 0. The molecule has 1 aromatic carbocycles. The van der Waals surface area contributed by atoms with Crippen LogP contribution in [-0.4, -0.2) is 23.1 Å². The summed E-state index contributed by atoms with van der Waals surface area (Å²) >= 11 is 2.74. The van der Waals surface area contributed by atoms with Gasteiger partial charge in [0.2, 0.25) is 5.91 Å². The molecule has 2 unspecified atom stereocenters. The average molecular weight is 407 g/mol. The van der Waals surface area contributed by atoms with E-state index in [0.717, 1.165) is 42.3 Å². The van der Waals surface area contributed by atoms with Crippen LogP contribution in [0.25, 0.3) is 0 Å². The number of hydroxylamine groups is 1. The van der Waals surface area contributed by atoms with Crippen LogP contribution in [0.1, 0.15) is 37.7 Å². The normalized spacial score (nSPS) is 22.2. The molecular weight excluding hydrogens is 384 g/mol. The van der Waals surface area contributed by atoms with Gasteiger partial charge in [-0.2, -0.15) is 4.33 Å². The fourth-order valence-electron chi connectivity index (χ4n) is 2.32. The highest BCUT2D eigenvalue weighted by molar-refractivity contribution is 9.10. The summed E-state index contributed by atoms with van der Waals surface area (Å²) < 4.78 is 9.82. The predicted molar refractivity (Wildman–Crippen MR) is 93.8 cm³/mol. The maximum atomic E-state index is 10.9. The van der Waals surface area contributed by atoms with Crippen molar-refractivity contribution in [2.45, 2.75) is 44.8 Å². The summed E-state index contributed by atoms with van der Waals surface area (Å²) in [6, 6.07) is 8.15. The van der Waals surface area contributed by atoms with E-state index >= 15 is 0 Å². The third-order valence-corrected chi connectivity index (χ3v) is 5.54. The van der Waals surface area contributed by atoms with Gasteiger partial charge in [0.15, 0.2) is 6.23 Å². The molecule has 1 saturated heterocycles. The van der Waals surface area contributed by atoms with E-state index in [-0.39, 0.29) is 12.1 Å². The Balaban J connectivity index is 1.56. The van der Waals surface area contributed by atoms with Crippen LogP contribution in [0.3, 0.4) is 0 Å². The van der Waals surface area contributed by atoms with Gasteiger partial charge in [-0.15, -0.1) is 0 Å². The van der Waals surface area contributed by atoms with Crippen molar-refractivity contribution in [1.82, 2.24) is 10.2 Å². The molecule has 2 atom stereocenters. The fraction of sp³-hybridized carbons (Fsp3) is 0.533. The lowest BCUT2D eigenvalue weighted by Gasteiger charge is -2.12. The van der Waals surface area contributed by atoms with Crippen molar-refractivity contribution in [3.05, 3.63) is 34.3 Å². The minimum absolute atomic E-state index is 0.0938. The van der Waals surface area contributed by atoms with E-state index in [1.807, 2.05) is 12.1 Å². The van der Waals surface area contributed by atoms with Gasteiger partial charge >= 0.3 is 0 Å². The second-order valence-electron chi connectivity index (χ2n) is 5.42. The number of carbonyl (C=O) groups excluding carboxylic acids is 1. The summed E-state index contributed by atoms with van der Waals surface area (Å²) in [5.41, 5.74) is 2.84. The fourth-order valence-corrected chi connectivity index (χ4v) is 4.18. The number of halogens is 1. The van der Waals surface area contributed by atoms with E-state index in [2.05, 4.69) is 32.8 Å². The summed E-state index contributed by atoms with van der Waals surface area (Å²) in [6.07, 6.45) is 4.89. The molecule has 8 heteroatoms. The summed E-state index contributed by atoms with van der Waals surface area (Å²) in [5.74, 6) is 0.621. The number of amides is 1. The molecule has 1 amide bonds. The molecule has 0 saturated carbocycles. The molecule has 0 spiro atoms. The molecule has 1 aliphatic rings. The van der Waals surface area contributed by atoms with Gasteiger partial charge in [-0.3, -0.25) is 10.0 Å². The second kappa shape index (κ2) is 10.3. The van der Waals surface area contributed by atoms with Gasteiger partial charge in [0.25, 0.3) is 0 Å². The average Bonchev–Trinajstić information content (AvgIpc) is 2.97. The first-order valence-electron chi connectivity index (χ1n) is 7.72. The number of thiol groups is 1. The van der Waals surface area contributed by atoms with Crippen LogP contribution in [0.4, 0.5) is 0 Å². The molecule has 2 rings (SSSR count).